The molecule has 0 aliphatic carbocycles. The smallest absolute Gasteiger partial charge is 0.358 e. The van der Waals surface area contributed by atoms with Crippen molar-refractivity contribution in [2.45, 2.75) is 6.92 Å². The number of halogens is 2. The fourth-order valence-electron chi connectivity index (χ4n) is 2.90. The van der Waals surface area contributed by atoms with Gasteiger partial charge in [-0.2, -0.15) is 5.10 Å². The van der Waals surface area contributed by atoms with E-state index in [1.165, 1.54) is 27.4 Å². The molecule has 1 aromatic carbocycles. The zero-order valence-corrected chi connectivity index (χ0v) is 14.0. The first kappa shape index (κ1) is 16.2. The van der Waals surface area contributed by atoms with Crippen molar-refractivity contribution in [3.05, 3.63) is 54.1 Å². The number of carbonyl (C=O) groups excluding carboxylic acids is 1. The molecule has 0 radical (unpaired) electrons. The van der Waals surface area contributed by atoms with E-state index >= 15 is 0 Å². The summed E-state index contributed by atoms with van der Waals surface area (Å²) in [6.45, 7) is 1.88. The van der Waals surface area contributed by atoms with E-state index in [1.807, 2.05) is 0 Å². The van der Waals surface area contributed by atoms with Gasteiger partial charge in [-0.3, -0.25) is 4.68 Å². The summed E-state index contributed by atoms with van der Waals surface area (Å²) in [7, 11) is 1.70. The zero-order valence-electron chi connectivity index (χ0n) is 14.0. The van der Waals surface area contributed by atoms with E-state index in [9.17, 15) is 13.6 Å². The van der Waals surface area contributed by atoms with Gasteiger partial charge in [-0.25, -0.2) is 18.6 Å². The molecule has 26 heavy (non-hydrogen) atoms. The van der Waals surface area contributed by atoms with Crippen molar-refractivity contribution in [3.8, 4) is 11.1 Å². The molecule has 0 spiro atoms. The second-order valence-corrected chi connectivity index (χ2v) is 5.85. The van der Waals surface area contributed by atoms with Crippen LogP contribution < -0.4 is 0 Å². The third-order valence-electron chi connectivity index (χ3n) is 4.00. The summed E-state index contributed by atoms with van der Waals surface area (Å²) >= 11 is 0. The number of aromatic nitrogens is 4. The number of aryl methyl sites for hydroxylation is 1. The molecule has 0 saturated carbocycles. The minimum atomic E-state index is -0.625. The van der Waals surface area contributed by atoms with E-state index in [4.69, 9.17) is 4.74 Å². The van der Waals surface area contributed by atoms with Gasteiger partial charge in [-0.05, 0) is 30.7 Å². The number of ether oxygens (including phenoxy) is 1. The molecular formula is C18H14F2N4O2. The molecule has 0 atom stereocenters. The number of hydrogen-bond donors (Lipinski definition) is 0. The topological polar surface area (TPSA) is 61.4 Å². The average molecular weight is 356 g/mol. The van der Waals surface area contributed by atoms with Gasteiger partial charge in [0, 0.05) is 36.6 Å². The predicted octanol–water partition coefficient (Wildman–Crippen LogP) is 3.34. The summed E-state index contributed by atoms with van der Waals surface area (Å²) in [6.07, 6.45) is 4.66. The van der Waals surface area contributed by atoms with Gasteiger partial charge in [-0.15, -0.1) is 0 Å². The van der Waals surface area contributed by atoms with Crippen LogP contribution in [0.5, 0.6) is 0 Å². The van der Waals surface area contributed by atoms with Crippen LogP contribution in [0.4, 0.5) is 8.78 Å². The summed E-state index contributed by atoms with van der Waals surface area (Å²) in [6, 6.07) is 4.29. The molecule has 0 amide bonds. The Balaban J connectivity index is 1.85. The van der Waals surface area contributed by atoms with Gasteiger partial charge in [0.2, 0.25) is 0 Å². The third kappa shape index (κ3) is 2.59. The molecule has 8 heteroatoms. The highest BCUT2D eigenvalue weighted by molar-refractivity contribution is 5.88. The monoisotopic (exact) mass is 356 g/mol. The molecular weight excluding hydrogens is 342 g/mol. The number of imidazole rings is 1. The summed E-state index contributed by atoms with van der Waals surface area (Å²) < 4.78 is 36.6. The SMILES string of the molecule is CCOC(=O)c1cn2cc(-c3cc(F)c4nn(C)cc4c3)cc(F)c2n1. The largest absolute Gasteiger partial charge is 0.461 e. The van der Waals surface area contributed by atoms with E-state index < -0.39 is 17.6 Å². The number of carbonyl (C=O) groups is 1. The number of esters is 1. The second-order valence-electron chi connectivity index (χ2n) is 5.85. The molecule has 0 saturated heterocycles. The van der Waals surface area contributed by atoms with Crippen molar-refractivity contribution in [1.82, 2.24) is 19.2 Å². The normalized spacial score (nSPS) is 11.4. The summed E-state index contributed by atoms with van der Waals surface area (Å²) in [5.74, 6) is -1.74. The Morgan fingerprint density at radius 3 is 2.65 bits per heavy atom. The van der Waals surface area contributed by atoms with Gasteiger partial charge in [0.1, 0.15) is 5.52 Å². The predicted molar refractivity (Wildman–Crippen MR) is 90.8 cm³/mol. The van der Waals surface area contributed by atoms with E-state index in [-0.39, 0.29) is 23.5 Å². The van der Waals surface area contributed by atoms with Gasteiger partial charge in [0.25, 0.3) is 0 Å². The summed E-state index contributed by atoms with van der Waals surface area (Å²) in [5.41, 5.74) is 1.21. The number of pyridine rings is 1. The van der Waals surface area contributed by atoms with Crippen LogP contribution in [-0.4, -0.2) is 31.7 Å². The van der Waals surface area contributed by atoms with Crippen LogP contribution in [0, 0.1) is 11.6 Å². The molecule has 0 bridgehead atoms. The number of rotatable bonds is 3. The van der Waals surface area contributed by atoms with Crippen LogP contribution in [0.2, 0.25) is 0 Å². The zero-order chi connectivity index (χ0) is 18.4. The van der Waals surface area contributed by atoms with Gasteiger partial charge >= 0.3 is 5.97 Å². The highest BCUT2D eigenvalue weighted by atomic mass is 19.1. The van der Waals surface area contributed by atoms with Crippen LogP contribution in [0.25, 0.3) is 27.7 Å². The minimum absolute atomic E-state index is 0.000249. The first-order valence-corrected chi connectivity index (χ1v) is 7.95. The van der Waals surface area contributed by atoms with Crippen LogP contribution in [0.15, 0.2) is 36.8 Å². The highest BCUT2D eigenvalue weighted by Crippen LogP contribution is 2.28. The minimum Gasteiger partial charge on any atom is -0.461 e. The Hall–Kier alpha value is -3.29. The van der Waals surface area contributed by atoms with Crippen molar-refractivity contribution < 1.29 is 18.3 Å². The lowest BCUT2D eigenvalue weighted by atomic mass is 10.1. The number of hydrogen-bond acceptors (Lipinski definition) is 4. The van der Waals surface area contributed by atoms with E-state index in [1.54, 1.807) is 32.4 Å². The van der Waals surface area contributed by atoms with Crippen molar-refractivity contribution in [2.75, 3.05) is 6.61 Å². The van der Waals surface area contributed by atoms with Crippen molar-refractivity contribution >= 4 is 22.5 Å². The Bertz CT molecular complexity index is 1160. The molecule has 3 heterocycles. The van der Waals surface area contributed by atoms with Crippen molar-refractivity contribution in [1.29, 1.82) is 0 Å². The molecule has 0 N–H and O–H groups in total. The molecule has 6 nitrogen and oxygen atoms in total. The van der Waals surface area contributed by atoms with Gasteiger partial charge in [0.15, 0.2) is 23.0 Å². The molecule has 0 unspecified atom stereocenters. The number of fused-ring (bicyclic) bond motifs is 2. The Morgan fingerprint density at radius 2 is 1.88 bits per heavy atom. The number of benzene rings is 1. The summed E-state index contributed by atoms with van der Waals surface area (Å²) in [4.78, 5) is 15.8. The molecule has 0 aliphatic heterocycles. The molecule has 0 fully saturated rings. The Labute approximate surface area is 146 Å². The molecule has 3 aromatic heterocycles. The maximum atomic E-state index is 14.5. The van der Waals surface area contributed by atoms with Crippen LogP contribution >= 0.6 is 0 Å². The third-order valence-corrected chi connectivity index (χ3v) is 4.00. The van der Waals surface area contributed by atoms with Crippen LogP contribution in [0.3, 0.4) is 0 Å². The van der Waals surface area contributed by atoms with Gasteiger partial charge in [-0.1, -0.05) is 0 Å². The molecule has 132 valence electrons. The fourth-order valence-corrected chi connectivity index (χ4v) is 2.90. The van der Waals surface area contributed by atoms with Gasteiger partial charge in [0.05, 0.1) is 6.61 Å². The number of nitrogens with zero attached hydrogens (tertiary/aromatic N) is 4. The van der Waals surface area contributed by atoms with Crippen molar-refractivity contribution in [3.63, 3.8) is 0 Å². The van der Waals surface area contributed by atoms with E-state index in [0.717, 1.165) is 0 Å². The molecule has 0 aliphatic rings. The van der Waals surface area contributed by atoms with Crippen LogP contribution in [0.1, 0.15) is 17.4 Å². The molecule has 4 rings (SSSR count). The van der Waals surface area contributed by atoms with Gasteiger partial charge < -0.3 is 9.14 Å². The summed E-state index contributed by atoms with van der Waals surface area (Å²) in [5, 5.41) is 4.67. The maximum Gasteiger partial charge on any atom is 0.358 e. The highest BCUT2D eigenvalue weighted by Gasteiger charge is 2.16. The average Bonchev–Trinajstić information content (AvgIpc) is 3.18. The van der Waals surface area contributed by atoms with E-state index in [2.05, 4.69) is 10.1 Å². The Kier molecular flexibility index (Phi) is 3.68. The Morgan fingerprint density at radius 1 is 1.12 bits per heavy atom. The lowest BCUT2D eigenvalue weighted by Crippen LogP contribution is -2.04. The van der Waals surface area contributed by atoms with E-state index in [0.29, 0.717) is 16.5 Å². The first-order chi connectivity index (χ1) is 12.5. The second kappa shape index (κ2) is 5.91. The maximum absolute atomic E-state index is 14.5. The quantitative estimate of drug-likeness (QED) is 0.528. The van der Waals surface area contributed by atoms with Crippen molar-refractivity contribution in [2.24, 2.45) is 7.05 Å². The first-order valence-electron chi connectivity index (χ1n) is 7.95. The molecule has 4 aromatic rings. The standard InChI is InChI=1S/C18H14F2N4O2/c1-3-26-18(25)15-9-24-8-11(6-14(20)17(24)21-15)10-4-12-7-23(2)22-16(12)13(19)5-10/h4-9H,3H2,1-2H3. The van der Waals surface area contributed by atoms with Crippen LogP contribution in [-0.2, 0) is 11.8 Å². The lowest BCUT2D eigenvalue weighted by molar-refractivity contribution is 0.0520. The lowest BCUT2D eigenvalue weighted by Gasteiger charge is -2.05. The fraction of sp³-hybridized carbons (Fsp3) is 0.167.